The lowest BCUT2D eigenvalue weighted by atomic mass is 10.1. The molecule has 0 bridgehead atoms. The van der Waals surface area contributed by atoms with Gasteiger partial charge in [0, 0.05) is 13.6 Å². The summed E-state index contributed by atoms with van der Waals surface area (Å²) in [6.45, 7) is 4.09. The molecule has 0 fully saturated rings. The first-order valence-corrected chi connectivity index (χ1v) is 11.0. The molecule has 1 unspecified atom stereocenters. The topological polar surface area (TPSA) is 66.9 Å². The van der Waals surface area contributed by atoms with Crippen LogP contribution in [-0.2, 0) is 21.4 Å². The van der Waals surface area contributed by atoms with Gasteiger partial charge in [-0.2, -0.15) is 0 Å². The number of carbonyl (C=O) groups excluding carboxylic acids is 1. The molecular formula is C21H28N2O4S. The van der Waals surface area contributed by atoms with Crippen molar-refractivity contribution < 1.29 is 17.9 Å². The molecule has 0 aliphatic heterocycles. The van der Waals surface area contributed by atoms with Crippen LogP contribution in [0.4, 0.5) is 5.69 Å². The number of aryl methyl sites for hydroxylation is 1. The lowest BCUT2D eigenvalue weighted by molar-refractivity contribution is -0.131. The largest absolute Gasteiger partial charge is 0.497 e. The highest BCUT2D eigenvalue weighted by molar-refractivity contribution is 7.92. The third-order valence-corrected chi connectivity index (χ3v) is 5.70. The standard InChI is InChI=1S/C21H28N2O4S/c1-6-20(23(28(5,25)26)18-9-7-8-16(2)14-18)21(24)22(3)15-17-10-12-19(27-4)13-11-17/h7-14,20H,6,15H2,1-5H3. The minimum Gasteiger partial charge on any atom is -0.497 e. The van der Waals surface area contributed by atoms with Gasteiger partial charge >= 0.3 is 0 Å². The van der Waals surface area contributed by atoms with Gasteiger partial charge in [-0.1, -0.05) is 31.2 Å². The molecular weight excluding hydrogens is 376 g/mol. The van der Waals surface area contributed by atoms with Crippen molar-refractivity contribution in [2.24, 2.45) is 0 Å². The van der Waals surface area contributed by atoms with Gasteiger partial charge in [0.1, 0.15) is 11.8 Å². The number of carbonyl (C=O) groups is 1. The number of benzene rings is 2. The molecule has 0 spiro atoms. The first-order chi connectivity index (χ1) is 13.2. The molecule has 0 aromatic heterocycles. The van der Waals surface area contributed by atoms with E-state index in [4.69, 9.17) is 4.74 Å². The molecule has 2 aromatic carbocycles. The van der Waals surface area contributed by atoms with E-state index in [-0.39, 0.29) is 5.91 Å². The molecule has 1 amide bonds. The summed E-state index contributed by atoms with van der Waals surface area (Å²) in [6.07, 6.45) is 1.50. The Kier molecular flexibility index (Phi) is 7.07. The Bertz CT molecular complexity index is 910. The second-order valence-electron chi connectivity index (χ2n) is 6.86. The minimum absolute atomic E-state index is 0.245. The number of likely N-dealkylation sites (N-methyl/N-ethyl adjacent to an activating group) is 1. The first-order valence-electron chi connectivity index (χ1n) is 9.11. The van der Waals surface area contributed by atoms with E-state index in [1.165, 1.54) is 4.31 Å². The monoisotopic (exact) mass is 404 g/mol. The average molecular weight is 405 g/mol. The predicted molar refractivity (Wildman–Crippen MR) is 112 cm³/mol. The van der Waals surface area contributed by atoms with Gasteiger partial charge in [-0.15, -0.1) is 0 Å². The van der Waals surface area contributed by atoms with Crippen molar-refractivity contribution >= 4 is 21.6 Å². The molecule has 28 heavy (non-hydrogen) atoms. The Morgan fingerprint density at radius 3 is 2.29 bits per heavy atom. The lowest BCUT2D eigenvalue weighted by Crippen LogP contribution is -2.49. The Morgan fingerprint density at radius 1 is 1.14 bits per heavy atom. The number of ether oxygens (including phenoxy) is 1. The normalized spacial score (nSPS) is 12.3. The Labute approximate surface area is 167 Å². The summed E-state index contributed by atoms with van der Waals surface area (Å²) in [7, 11) is -0.352. The highest BCUT2D eigenvalue weighted by Crippen LogP contribution is 2.24. The van der Waals surface area contributed by atoms with Gasteiger partial charge < -0.3 is 9.64 Å². The van der Waals surface area contributed by atoms with Gasteiger partial charge in [0.05, 0.1) is 19.1 Å². The van der Waals surface area contributed by atoms with Crippen LogP contribution in [0.15, 0.2) is 48.5 Å². The number of methoxy groups -OCH3 is 1. The van der Waals surface area contributed by atoms with Crippen LogP contribution in [0.3, 0.4) is 0 Å². The highest BCUT2D eigenvalue weighted by atomic mass is 32.2. The molecule has 0 aliphatic rings. The van der Waals surface area contributed by atoms with Crippen LogP contribution in [0, 0.1) is 6.92 Å². The fraction of sp³-hybridized carbons (Fsp3) is 0.381. The maximum atomic E-state index is 13.1. The van der Waals surface area contributed by atoms with Gasteiger partial charge in [-0.25, -0.2) is 8.42 Å². The van der Waals surface area contributed by atoms with Crippen molar-refractivity contribution in [2.45, 2.75) is 32.9 Å². The summed E-state index contributed by atoms with van der Waals surface area (Å²) in [5.41, 5.74) is 2.37. The predicted octanol–water partition coefficient (Wildman–Crippen LogP) is 3.21. The SMILES string of the molecule is CCC(C(=O)N(C)Cc1ccc(OC)cc1)N(c1cccc(C)c1)S(C)(=O)=O. The number of sulfonamides is 1. The van der Waals surface area contributed by atoms with Crippen LogP contribution >= 0.6 is 0 Å². The number of hydrogen-bond acceptors (Lipinski definition) is 4. The Balaban J connectivity index is 2.29. The van der Waals surface area contributed by atoms with E-state index < -0.39 is 16.1 Å². The van der Waals surface area contributed by atoms with Crippen LogP contribution in [0.25, 0.3) is 0 Å². The van der Waals surface area contributed by atoms with Crippen LogP contribution in [0.1, 0.15) is 24.5 Å². The van der Waals surface area contributed by atoms with Gasteiger partial charge in [-0.3, -0.25) is 9.10 Å². The van der Waals surface area contributed by atoms with E-state index >= 15 is 0 Å². The van der Waals surface area contributed by atoms with Gasteiger partial charge in [0.25, 0.3) is 0 Å². The summed E-state index contributed by atoms with van der Waals surface area (Å²) >= 11 is 0. The molecule has 2 rings (SSSR count). The maximum Gasteiger partial charge on any atom is 0.246 e. The zero-order chi connectivity index (χ0) is 20.9. The zero-order valence-corrected chi connectivity index (χ0v) is 17.9. The van der Waals surface area contributed by atoms with Crippen LogP contribution in [0.2, 0.25) is 0 Å². The summed E-state index contributed by atoms with van der Waals surface area (Å²) in [5, 5.41) is 0. The highest BCUT2D eigenvalue weighted by Gasteiger charge is 2.33. The van der Waals surface area contributed by atoms with Gasteiger partial charge in [0.2, 0.25) is 15.9 Å². The first kappa shape index (κ1) is 21.8. The van der Waals surface area contributed by atoms with E-state index in [1.54, 1.807) is 37.3 Å². The molecule has 7 heteroatoms. The molecule has 1 atom stereocenters. The summed E-state index contributed by atoms with van der Waals surface area (Å²) in [6, 6.07) is 13.8. The summed E-state index contributed by atoms with van der Waals surface area (Å²) in [5.74, 6) is 0.497. The number of hydrogen-bond donors (Lipinski definition) is 0. The van der Waals surface area contributed by atoms with Crippen LogP contribution in [0.5, 0.6) is 5.75 Å². The molecule has 2 aromatic rings. The second kappa shape index (κ2) is 9.10. The molecule has 152 valence electrons. The number of anilines is 1. The number of rotatable bonds is 8. The fourth-order valence-corrected chi connectivity index (χ4v) is 4.34. The van der Waals surface area contributed by atoms with Crippen molar-refractivity contribution in [3.05, 3.63) is 59.7 Å². The van der Waals surface area contributed by atoms with Crippen LogP contribution < -0.4 is 9.04 Å². The van der Waals surface area contributed by atoms with E-state index in [2.05, 4.69) is 0 Å². The zero-order valence-electron chi connectivity index (χ0n) is 17.0. The van der Waals surface area contributed by atoms with Crippen molar-refractivity contribution in [3.63, 3.8) is 0 Å². The van der Waals surface area contributed by atoms with Crippen molar-refractivity contribution in [3.8, 4) is 5.75 Å². The summed E-state index contributed by atoms with van der Waals surface area (Å²) < 4.78 is 31.5. The van der Waals surface area contributed by atoms with Crippen LogP contribution in [-0.4, -0.2) is 45.7 Å². The molecule has 0 saturated carbocycles. The maximum absolute atomic E-state index is 13.1. The van der Waals surface area contributed by atoms with Crippen molar-refractivity contribution in [2.75, 3.05) is 24.7 Å². The molecule has 0 aliphatic carbocycles. The number of nitrogens with zero attached hydrogens (tertiary/aromatic N) is 2. The van der Waals surface area contributed by atoms with Gasteiger partial charge in [0.15, 0.2) is 0 Å². The van der Waals surface area contributed by atoms with Crippen molar-refractivity contribution in [1.29, 1.82) is 0 Å². The van der Waals surface area contributed by atoms with E-state index in [9.17, 15) is 13.2 Å². The third-order valence-electron chi connectivity index (χ3n) is 4.52. The lowest BCUT2D eigenvalue weighted by Gasteiger charge is -2.33. The van der Waals surface area contributed by atoms with E-state index in [0.717, 1.165) is 23.1 Å². The molecule has 0 saturated heterocycles. The van der Waals surface area contributed by atoms with E-state index in [0.29, 0.717) is 18.7 Å². The minimum atomic E-state index is -3.64. The summed E-state index contributed by atoms with van der Waals surface area (Å²) in [4.78, 5) is 14.7. The average Bonchev–Trinajstić information content (AvgIpc) is 2.65. The van der Waals surface area contributed by atoms with E-state index in [1.807, 2.05) is 44.2 Å². The smallest absolute Gasteiger partial charge is 0.246 e. The van der Waals surface area contributed by atoms with Crippen molar-refractivity contribution in [1.82, 2.24) is 4.90 Å². The Hall–Kier alpha value is -2.54. The second-order valence-corrected chi connectivity index (χ2v) is 8.72. The number of amides is 1. The molecule has 0 heterocycles. The molecule has 6 nitrogen and oxygen atoms in total. The third kappa shape index (κ3) is 5.25. The fourth-order valence-electron chi connectivity index (χ4n) is 3.15. The van der Waals surface area contributed by atoms with Gasteiger partial charge in [-0.05, 0) is 48.7 Å². The molecule has 0 N–H and O–H groups in total. The quantitative estimate of drug-likeness (QED) is 0.678. The molecule has 0 radical (unpaired) electrons. The Morgan fingerprint density at radius 2 is 1.79 bits per heavy atom.